The maximum absolute atomic E-state index is 12.6. The number of hydrogen-bond acceptors (Lipinski definition) is 5. The summed E-state index contributed by atoms with van der Waals surface area (Å²) in [5.41, 5.74) is 1.56. The number of hydrogen-bond donors (Lipinski definition) is 1. The maximum Gasteiger partial charge on any atom is 0.293 e. The van der Waals surface area contributed by atoms with Crippen molar-refractivity contribution < 1.29 is 19.4 Å². The molecule has 2 amide bonds. The summed E-state index contributed by atoms with van der Waals surface area (Å²) in [4.78, 5) is 26.4. The lowest BCUT2D eigenvalue weighted by Gasteiger charge is -2.12. The number of nitrogens with zero attached hydrogens (tertiary/aromatic N) is 1. The van der Waals surface area contributed by atoms with Crippen molar-refractivity contribution in [3.8, 4) is 11.5 Å². The lowest BCUT2D eigenvalue weighted by molar-refractivity contribution is -0.123. The standard InChI is InChI=1S/C19H16BrNO4S/c1-2-25-16-9-13(5-8-15(16)22)10-17-18(23)21(19(24)26-17)11-12-3-6-14(20)7-4-12/h3-10,22H,2,11H2,1H3/b17-10-. The van der Waals surface area contributed by atoms with Crippen LogP contribution in [0.4, 0.5) is 4.79 Å². The molecule has 1 aliphatic heterocycles. The monoisotopic (exact) mass is 433 g/mol. The van der Waals surface area contributed by atoms with Gasteiger partial charge >= 0.3 is 0 Å². The summed E-state index contributed by atoms with van der Waals surface area (Å²) in [6.45, 7) is 2.47. The van der Waals surface area contributed by atoms with Gasteiger partial charge in [0.1, 0.15) is 0 Å². The van der Waals surface area contributed by atoms with Crippen molar-refractivity contribution in [3.63, 3.8) is 0 Å². The number of benzene rings is 2. The van der Waals surface area contributed by atoms with Crippen LogP contribution in [-0.4, -0.2) is 27.8 Å². The van der Waals surface area contributed by atoms with E-state index >= 15 is 0 Å². The van der Waals surface area contributed by atoms with Gasteiger partial charge in [0.25, 0.3) is 11.1 Å². The third kappa shape index (κ3) is 4.11. The van der Waals surface area contributed by atoms with Crippen molar-refractivity contribution >= 4 is 44.9 Å². The summed E-state index contributed by atoms with van der Waals surface area (Å²) in [5.74, 6) is 0.0524. The van der Waals surface area contributed by atoms with Gasteiger partial charge in [-0.25, -0.2) is 0 Å². The first kappa shape index (κ1) is 18.5. The van der Waals surface area contributed by atoms with Crippen LogP contribution in [0.5, 0.6) is 11.5 Å². The zero-order valence-electron chi connectivity index (χ0n) is 13.9. The topological polar surface area (TPSA) is 66.8 Å². The highest BCUT2D eigenvalue weighted by atomic mass is 79.9. The summed E-state index contributed by atoms with van der Waals surface area (Å²) < 4.78 is 6.29. The molecule has 5 nitrogen and oxygen atoms in total. The number of phenolic OH excluding ortho intramolecular Hbond substituents is 1. The van der Waals surface area contributed by atoms with Crippen LogP contribution in [0.2, 0.25) is 0 Å². The second-order valence-corrected chi connectivity index (χ2v) is 7.46. The average molecular weight is 434 g/mol. The lowest BCUT2D eigenvalue weighted by atomic mass is 10.1. The average Bonchev–Trinajstić information content (AvgIpc) is 2.87. The third-order valence-corrected chi connectivity index (χ3v) is 5.15. The highest BCUT2D eigenvalue weighted by Crippen LogP contribution is 2.35. The van der Waals surface area contributed by atoms with Crippen molar-refractivity contribution in [2.24, 2.45) is 0 Å². The van der Waals surface area contributed by atoms with Crippen LogP contribution < -0.4 is 4.74 Å². The molecule has 2 aromatic carbocycles. The lowest BCUT2D eigenvalue weighted by Crippen LogP contribution is -2.27. The normalized spacial score (nSPS) is 15.8. The van der Waals surface area contributed by atoms with Crippen LogP contribution >= 0.6 is 27.7 Å². The van der Waals surface area contributed by atoms with E-state index in [1.165, 1.54) is 11.0 Å². The molecule has 0 bridgehead atoms. The Morgan fingerprint density at radius 1 is 1.19 bits per heavy atom. The minimum atomic E-state index is -0.325. The molecule has 0 aliphatic carbocycles. The van der Waals surface area contributed by atoms with Crippen LogP contribution in [0.1, 0.15) is 18.1 Å². The van der Waals surface area contributed by atoms with Gasteiger partial charge in [0.2, 0.25) is 0 Å². The fourth-order valence-corrected chi connectivity index (χ4v) is 3.55. The molecule has 7 heteroatoms. The molecule has 0 atom stereocenters. The molecule has 1 saturated heterocycles. The molecule has 0 spiro atoms. The van der Waals surface area contributed by atoms with Crippen molar-refractivity contribution in [2.45, 2.75) is 13.5 Å². The maximum atomic E-state index is 12.6. The van der Waals surface area contributed by atoms with Gasteiger partial charge < -0.3 is 9.84 Å². The number of carbonyl (C=O) groups excluding carboxylic acids is 2. The van der Waals surface area contributed by atoms with E-state index in [1.54, 1.807) is 18.2 Å². The predicted octanol–water partition coefficient (Wildman–Crippen LogP) is 4.79. The Labute approximate surface area is 163 Å². The number of ether oxygens (including phenoxy) is 1. The molecule has 3 rings (SSSR count). The van der Waals surface area contributed by atoms with E-state index in [1.807, 2.05) is 31.2 Å². The van der Waals surface area contributed by atoms with E-state index in [9.17, 15) is 14.7 Å². The number of rotatable bonds is 5. The van der Waals surface area contributed by atoms with E-state index in [4.69, 9.17) is 4.74 Å². The van der Waals surface area contributed by atoms with Crippen LogP contribution in [0.3, 0.4) is 0 Å². The molecular formula is C19H16BrNO4S. The molecule has 0 aromatic heterocycles. The minimum Gasteiger partial charge on any atom is -0.504 e. The first-order valence-corrected chi connectivity index (χ1v) is 9.54. The number of thioether (sulfide) groups is 1. The number of carbonyl (C=O) groups is 2. The van der Waals surface area contributed by atoms with Gasteiger partial charge in [-0.2, -0.15) is 0 Å². The molecule has 26 heavy (non-hydrogen) atoms. The first-order valence-electron chi connectivity index (χ1n) is 7.93. The van der Waals surface area contributed by atoms with E-state index in [0.29, 0.717) is 22.8 Å². The van der Waals surface area contributed by atoms with Crippen molar-refractivity contribution in [1.82, 2.24) is 4.90 Å². The number of imide groups is 1. The van der Waals surface area contributed by atoms with Gasteiger partial charge in [-0.1, -0.05) is 34.1 Å². The van der Waals surface area contributed by atoms with E-state index in [2.05, 4.69) is 15.9 Å². The van der Waals surface area contributed by atoms with Crippen LogP contribution in [-0.2, 0) is 11.3 Å². The Hall–Kier alpha value is -2.25. The van der Waals surface area contributed by atoms with Gasteiger partial charge in [0, 0.05) is 4.47 Å². The number of aromatic hydroxyl groups is 1. The van der Waals surface area contributed by atoms with Crippen molar-refractivity contribution in [1.29, 1.82) is 0 Å². The highest BCUT2D eigenvalue weighted by Gasteiger charge is 2.35. The molecule has 1 fully saturated rings. The summed E-state index contributed by atoms with van der Waals surface area (Å²) in [7, 11) is 0. The van der Waals surface area contributed by atoms with Gasteiger partial charge in [-0.05, 0) is 60.2 Å². The minimum absolute atomic E-state index is 0.0346. The third-order valence-electron chi connectivity index (χ3n) is 3.71. The SMILES string of the molecule is CCOc1cc(/C=C2\SC(=O)N(Cc3ccc(Br)cc3)C2=O)ccc1O. The van der Waals surface area contributed by atoms with Gasteiger partial charge in [0.05, 0.1) is 18.1 Å². The Morgan fingerprint density at radius 3 is 2.62 bits per heavy atom. The second kappa shape index (κ2) is 7.97. The molecule has 0 radical (unpaired) electrons. The van der Waals surface area contributed by atoms with E-state index in [-0.39, 0.29) is 23.4 Å². The van der Waals surface area contributed by atoms with E-state index in [0.717, 1.165) is 21.8 Å². The molecule has 0 saturated carbocycles. The Kier molecular flexibility index (Phi) is 5.68. The molecule has 1 N–H and O–H groups in total. The van der Waals surface area contributed by atoms with Crippen LogP contribution in [0.25, 0.3) is 6.08 Å². The fourth-order valence-electron chi connectivity index (χ4n) is 2.45. The highest BCUT2D eigenvalue weighted by molar-refractivity contribution is 9.10. The number of phenols is 1. The summed E-state index contributed by atoms with van der Waals surface area (Å²) in [6, 6.07) is 12.3. The first-order chi connectivity index (χ1) is 12.5. The Balaban J connectivity index is 1.80. The number of amides is 2. The zero-order valence-corrected chi connectivity index (χ0v) is 16.3. The summed E-state index contributed by atoms with van der Waals surface area (Å²) >= 11 is 4.27. The smallest absolute Gasteiger partial charge is 0.293 e. The zero-order chi connectivity index (χ0) is 18.7. The van der Waals surface area contributed by atoms with Crippen LogP contribution in [0, 0.1) is 0 Å². The predicted molar refractivity (Wildman–Crippen MR) is 105 cm³/mol. The Morgan fingerprint density at radius 2 is 1.92 bits per heavy atom. The fraction of sp³-hybridized carbons (Fsp3) is 0.158. The second-order valence-electron chi connectivity index (χ2n) is 5.55. The quantitative estimate of drug-likeness (QED) is 0.686. The van der Waals surface area contributed by atoms with E-state index < -0.39 is 0 Å². The summed E-state index contributed by atoms with van der Waals surface area (Å²) in [6.07, 6.45) is 1.63. The molecule has 0 unspecified atom stereocenters. The van der Waals surface area contributed by atoms with Gasteiger partial charge in [0.15, 0.2) is 11.5 Å². The molecular weight excluding hydrogens is 418 g/mol. The summed E-state index contributed by atoms with van der Waals surface area (Å²) in [5, 5.41) is 9.46. The molecule has 2 aromatic rings. The van der Waals surface area contributed by atoms with Gasteiger partial charge in [-0.3, -0.25) is 14.5 Å². The molecule has 134 valence electrons. The molecule has 1 aliphatic rings. The van der Waals surface area contributed by atoms with Gasteiger partial charge in [-0.15, -0.1) is 0 Å². The largest absolute Gasteiger partial charge is 0.504 e. The van der Waals surface area contributed by atoms with Crippen molar-refractivity contribution in [3.05, 3.63) is 63.0 Å². The van der Waals surface area contributed by atoms with Crippen molar-refractivity contribution in [2.75, 3.05) is 6.61 Å². The number of halogens is 1. The van der Waals surface area contributed by atoms with Crippen LogP contribution in [0.15, 0.2) is 51.8 Å². The Bertz CT molecular complexity index is 880. The molecule has 1 heterocycles.